The number of sulfonamides is 1. The van der Waals surface area contributed by atoms with Gasteiger partial charge in [0.1, 0.15) is 23.9 Å². The van der Waals surface area contributed by atoms with Crippen LogP contribution in [0.1, 0.15) is 29.0 Å². The van der Waals surface area contributed by atoms with Gasteiger partial charge < -0.3 is 9.47 Å². The van der Waals surface area contributed by atoms with Gasteiger partial charge in [0.2, 0.25) is 15.9 Å². The van der Waals surface area contributed by atoms with Crippen molar-refractivity contribution in [3.8, 4) is 23.3 Å². The van der Waals surface area contributed by atoms with Gasteiger partial charge in [0.05, 0.1) is 17.4 Å². The molecule has 1 atom stereocenters. The highest BCUT2D eigenvalue weighted by Gasteiger charge is 2.30. The summed E-state index contributed by atoms with van der Waals surface area (Å²) in [5, 5.41) is 9.01. The molecule has 3 aromatic rings. The van der Waals surface area contributed by atoms with Gasteiger partial charge in [-0.25, -0.2) is 8.42 Å². The van der Waals surface area contributed by atoms with Gasteiger partial charge in [-0.05, 0) is 53.6 Å². The predicted molar refractivity (Wildman–Crippen MR) is 118 cm³/mol. The Hall–Kier alpha value is -3.83. The van der Waals surface area contributed by atoms with Crippen LogP contribution >= 0.6 is 0 Å². The van der Waals surface area contributed by atoms with Gasteiger partial charge in [0.15, 0.2) is 0 Å². The van der Waals surface area contributed by atoms with Crippen LogP contribution in [0.3, 0.4) is 0 Å². The molecule has 4 rings (SSSR count). The molecular formula is C24H20N2O5S. The van der Waals surface area contributed by atoms with Gasteiger partial charge in [-0.3, -0.25) is 9.52 Å². The molecule has 7 nitrogen and oxygen atoms in total. The van der Waals surface area contributed by atoms with Crippen LogP contribution in [-0.4, -0.2) is 20.1 Å². The summed E-state index contributed by atoms with van der Waals surface area (Å²) in [5.41, 5.74) is 2.21. The van der Waals surface area contributed by atoms with Crippen molar-refractivity contribution < 1.29 is 22.7 Å². The summed E-state index contributed by atoms with van der Waals surface area (Å²) in [6.07, 6.45) is 0.142. The van der Waals surface area contributed by atoms with Gasteiger partial charge in [-0.2, -0.15) is 5.26 Å². The second-order valence-corrected chi connectivity index (χ2v) is 9.22. The van der Waals surface area contributed by atoms with E-state index in [9.17, 15) is 13.2 Å². The number of carbonyl (C=O) groups excluding carboxylic acids is 1. The lowest BCUT2D eigenvalue weighted by atomic mass is 9.97. The van der Waals surface area contributed by atoms with Crippen molar-refractivity contribution in [2.24, 2.45) is 0 Å². The maximum atomic E-state index is 11.8. The first kappa shape index (κ1) is 21.4. The molecule has 0 aliphatic carbocycles. The summed E-state index contributed by atoms with van der Waals surface area (Å²) in [5.74, 6) is 0.886. The summed E-state index contributed by atoms with van der Waals surface area (Å²) in [4.78, 5) is 11.6. The van der Waals surface area contributed by atoms with Crippen LogP contribution in [-0.2, 0) is 21.4 Å². The molecule has 0 radical (unpaired) electrons. The highest BCUT2D eigenvalue weighted by molar-refractivity contribution is 7.90. The molecule has 162 valence electrons. The van der Waals surface area contributed by atoms with E-state index in [2.05, 4.69) is 6.07 Å². The monoisotopic (exact) mass is 448 g/mol. The van der Waals surface area contributed by atoms with E-state index in [4.69, 9.17) is 14.7 Å². The normalized spacial score (nSPS) is 17.1. The van der Waals surface area contributed by atoms with E-state index in [1.54, 1.807) is 48.5 Å². The van der Waals surface area contributed by atoms with Crippen molar-refractivity contribution in [3.63, 3.8) is 0 Å². The number of nitrogens with zero attached hydrogens (tertiary/aromatic N) is 1. The number of hydrogen-bond acceptors (Lipinski definition) is 6. The molecule has 0 bridgehead atoms. The first-order valence-electron chi connectivity index (χ1n) is 9.93. The molecule has 1 N–H and O–H groups in total. The van der Waals surface area contributed by atoms with Crippen LogP contribution in [0.5, 0.6) is 17.2 Å². The Kier molecular flexibility index (Phi) is 6.10. The molecule has 1 unspecified atom stereocenters. The molecular weight excluding hydrogens is 428 g/mol. The van der Waals surface area contributed by atoms with E-state index in [1.807, 2.05) is 29.0 Å². The van der Waals surface area contributed by atoms with Crippen LogP contribution in [0.15, 0.2) is 72.8 Å². The van der Waals surface area contributed by atoms with Crippen molar-refractivity contribution in [2.45, 2.75) is 18.9 Å². The van der Waals surface area contributed by atoms with E-state index in [0.717, 1.165) is 11.1 Å². The summed E-state index contributed by atoms with van der Waals surface area (Å²) in [7, 11) is -3.57. The summed E-state index contributed by atoms with van der Waals surface area (Å²) in [6, 6.07) is 23.6. The van der Waals surface area contributed by atoms with Gasteiger partial charge >= 0.3 is 0 Å². The molecule has 1 heterocycles. The van der Waals surface area contributed by atoms with E-state index < -0.39 is 15.9 Å². The lowest BCUT2D eigenvalue weighted by Gasteiger charge is -2.22. The number of nitriles is 1. The Morgan fingerprint density at radius 2 is 1.69 bits per heavy atom. The average molecular weight is 449 g/mol. The Labute approximate surface area is 186 Å². The fourth-order valence-corrected chi connectivity index (χ4v) is 4.84. The molecule has 0 aromatic heterocycles. The Morgan fingerprint density at radius 3 is 2.41 bits per heavy atom. The van der Waals surface area contributed by atoms with Crippen LogP contribution in [0.2, 0.25) is 0 Å². The zero-order valence-electron chi connectivity index (χ0n) is 17.0. The van der Waals surface area contributed by atoms with Gasteiger partial charge in [-0.15, -0.1) is 0 Å². The summed E-state index contributed by atoms with van der Waals surface area (Å²) in [6.45, 7) is 0.314. The smallest absolute Gasteiger partial charge is 0.235 e. The largest absolute Gasteiger partial charge is 0.489 e. The highest BCUT2D eigenvalue weighted by atomic mass is 32.2. The number of benzene rings is 3. The summed E-state index contributed by atoms with van der Waals surface area (Å²) >= 11 is 0. The van der Waals surface area contributed by atoms with Crippen LogP contribution in [0, 0.1) is 11.3 Å². The molecule has 1 fully saturated rings. The highest BCUT2D eigenvalue weighted by Crippen LogP contribution is 2.27. The Bertz CT molecular complexity index is 1280. The Morgan fingerprint density at radius 1 is 0.969 bits per heavy atom. The van der Waals surface area contributed by atoms with E-state index in [-0.39, 0.29) is 18.1 Å². The van der Waals surface area contributed by atoms with E-state index in [1.165, 1.54) is 0 Å². The fraction of sp³-hybridized carbons (Fsp3) is 0.167. The minimum atomic E-state index is -3.57. The molecule has 1 aliphatic rings. The maximum absolute atomic E-state index is 11.8. The number of carbonyl (C=O) groups is 1. The standard InChI is InChI=1S/C24H20N2O5S/c25-14-17-3-1-5-22(11-17)31-23-6-2-4-18(12-23)15-30-21-9-7-19(8-10-21)20-13-24(27)26-32(28,29)16-20/h1-12,20H,13,15-16H2,(H,26,27). The van der Waals surface area contributed by atoms with Crippen molar-refractivity contribution in [2.75, 3.05) is 5.75 Å². The third kappa shape index (κ3) is 5.45. The van der Waals surface area contributed by atoms with Crippen LogP contribution in [0.25, 0.3) is 0 Å². The van der Waals surface area contributed by atoms with Crippen LogP contribution < -0.4 is 14.2 Å². The minimum Gasteiger partial charge on any atom is -0.489 e. The third-order valence-corrected chi connectivity index (χ3v) is 6.36. The van der Waals surface area contributed by atoms with Gasteiger partial charge in [-0.1, -0.05) is 30.3 Å². The first-order valence-corrected chi connectivity index (χ1v) is 11.6. The molecule has 1 aliphatic heterocycles. The van der Waals surface area contributed by atoms with Crippen molar-refractivity contribution in [1.29, 1.82) is 5.26 Å². The molecule has 0 saturated carbocycles. The molecule has 1 amide bonds. The van der Waals surface area contributed by atoms with Crippen molar-refractivity contribution >= 4 is 15.9 Å². The second kappa shape index (κ2) is 9.12. The SMILES string of the molecule is N#Cc1cccc(Oc2cccc(COc3ccc(C4CC(=O)NS(=O)(=O)C4)cc3)c2)c1. The zero-order chi connectivity index (χ0) is 22.6. The molecule has 32 heavy (non-hydrogen) atoms. The quantitative estimate of drug-likeness (QED) is 0.614. The Balaban J connectivity index is 1.38. The summed E-state index contributed by atoms with van der Waals surface area (Å²) < 4.78 is 37.2. The average Bonchev–Trinajstić information content (AvgIpc) is 2.77. The van der Waals surface area contributed by atoms with E-state index in [0.29, 0.717) is 29.4 Å². The molecule has 3 aromatic carbocycles. The van der Waals surface area contributed by atoms with Gasteiger partial charge in [0, 0.05) is 12.3 Å². The number of amides is 1. The predicted octanol–water partition coefficient (Wildman–Crippen LogP) is 3.86. The number of nitrogens with one attached hydrogen (secondary N) is 1. The fourth-order valence-electron chi connectivity index (χ4n) is 3.49. The first-order chi connectivity index (χ1) is 15.4. The van der Waals surface area contributed by atoms with E-state index >= 15 is 0 Å². The zero-order valence-corrected chi connectivity index (χ0v) is 17.8. The molecule has 8 heteroatoms. The second-order valence-electron chi connectivity index (χ2n) is 7.45. The molecule has 1 saturated heterocycles. The van der Waals surface area contributed by atoms with Crippen molar-refractivity contribution in [3.05, 3.63) is 89.5 Å². The lowest BCUT2D eigenvalue weighted by Crippen LogP contribution is -2.40. The number of hydrogen-bond donors (Lipinski definition) is 1. The minimum absolute atomic E-state index is 0.108. The lowest BCUT2D eigenvalue weighted by molar-refractivity contribution is -0.119. The number of ether oxygens (including phenoxy) is 2. The topological polar surface area (TPSA) is 105 Å². The number of rotatable bonds is 6. The van der Waals surface area contributed by atoms with Gasteiger partial charge in [0.25, 0.3) is 0 Å². The molecule has 0 spiro atoms. The van der Waals surface area contributed by atoms with Crippen LogP contribution in [0.4, 0.5) is 0 Å². The maximum Gasteiger partial charge on any atom is 0.235 e. The third-order valence-electron chi connectivity index (χ3n) is 4.98. The van der Waals surface area contributed by atoms with Crippen molar-refractivity contribution in [1.82, 2.24) is 4.72 Å².